The zero-order chi connectivity index (χ0) is 9.84. The van der Waals surface area contributed by atoms with Gasteiger partial charge in [0.25, 0.3) is 0 Å². The highest BCUT2D eigenvalue weighted by molar-refractivity contribution is 7.15. The van der Waals surface area contributed by atoms with Gasteiger partial charge in [0, 0.05) is 12.5 Å². The van der Waals surface area contributed by atoms with E-state index in [1.165, 1.54) is 11.3 Å². The van der Waals surface area contributed by atoms with Crippen molar-refractivity contribution in [2.45, 2.75) is 32.7 Å². The van der Waals surface area contributed by atoms with E-state index in [9.17, 15) is 8.78 Å². The highest BCUT2D eigenvalue weighted by atomic mass is 32.1. The Morgan fingerprint density at radius 1 is 1.46 bits per heavy atom. The van der Waals surface area contributed by atoms with Gasteiger partial charge in [0.2, 0.25) is 11.6 Å². The molecule has 1 aromatic heterocycles. The van der Waals surface area contributed by atoms with Gasteiger partial charge in [-0.3, -0.25) is 0 Å². The average molecular weight is 207 g/mol. The van der Waals surface area contributed by atoms with E-state index < -0.39 is 6.43 Å². The zero-order valence-corrected chi connectivity index (χ0v) is 8.24. The smallest absolute Gasteiger partial charge is 0.240 e. The van der Waals surface area contributed by atoms with Crippen LogP contribution in [-0.2, 0) is 0 Å². The molecule has 1 N–H and O–H groups in total. The van der Waals surface area contributed by atoms with Gasteiger partial charge in [-0.25, -0.2) is 8.78 Å². The first-order valence-electron chi connectivity index (χ1n) is 3.92. The lowest BCUT2D eigenvalue weighted by atomic mass is 10.2. The van der Waals surface area contributed by atoms with Crippen LogP contribution in [0.3, 0.4) is 0 Å². The third kappa shape index (κ3) is 3.63. The summed E-state index contributed by atoms with van der Waals surface area (Å²) >= 11 is 1.36. The minimum absolute atomic E-state index is 0.168. The van der Waals surface area contributed by atoms with E-state index in [0.29, 0.717) is 5.13 Å². The maximum absolute atomic E-state index is 11.9. The molecule has 0 aliphatic carbocycles. The summed E-state index contributed by atoms with van der Waals surface area (Å²) in [7, 11) is 0. The normalized spacial score (nSPS) is 13.3. The number of hydrogen-bond donors (Lipinski definition) is 1. The van der Waals surface area contributed by atoms with Crippen LogP contribution in [0.15, 0.2) is 0 Å². The third-order valence-electron chi connectivity index (χ3n) is 1.43. The molecule has 0 spiro atoms. The van der Waals surface area contributed by atoms with Gasteiger partial charge in [-0.05, 0) is 13.8 Å². The van der Waals surface area contributed by atoms with Crippen LogP contribution in [-0.4, -0.2) is 22.7 Å². The molecule has 0 aliphatic heterocycles. The monoisotopic (exact) mass is 207 g/mol. The van der Waals surface area contributed by atoms with Crippen molar-refractivity contribution >= 4 is 16.5 Å². The first-order chi connectivity index (χ1) is 6.08. The molecule has 1 unspecified atom stereocenters. The molecule has 0 aromatic carbocycles. The SMILES string of the molecule is Cc1nnc(NC(C)CC(F)F)s1. The minimum atomic E-state index is -2.28. The Morgan fingerprint density at radius 3 is 2.62 bits per heavy atom. The molecule has 0 amide bonds. The number of halogens is 2. The number of anilines is 1. The van der Waals surface area contributed by atoms with Crippen molar-refractivity contribution in [3.8, 4) is 0 Å². The van der Waals surface area contributed by atoms with E-state index in [0.717, 1.165) is 5.01 Å². The van der Waals surface area contributed by atoms with Gasteiger partial charge >= 0.3 is 0 Å². The molecule has 1 atom stereocenters. The lowest BCUT2D eigenvalue weighted by Gasteiger charge is -2.10. The van der Waals surface area contributed by atoms with Gasteiger partial charge in [-0.1, -0.05) is 11.3 Å². The molecule has 1 heterocycles. The van der Waals surface area contributed by atoms with Gasteiger partial charge < -0.3 is 5.32 Å². The molecule has 0 radical (unpaired) electrons. The standard InChI is InChI=1S/C7H11F2N3S/c1-4(3-6(8)9)10-7-12-11-5(2)13-7/h4,6H,3H2,1-2H3,(H,10,12). The molecule has 6 heteroatoms. The second-order valence-corrected chi connectivity index (χ2v) is 3.98. The highest BCUT2D eigenvalue weighted by Crippen LogP contribution is 2.16. The molecule has 3 nitrogen and oxygen atoms in total. The molecule has 0 aliphatic rings. The van der Waals surface area contributed by atoms with Crippen LogP contribution in [0.2, 0.25) is 0 Å². The summed E-state index contributed by atoms with van der Waals surface area (Å²) in [6.07, 6.45) is -2.45. The Balaban J connectivity index is 2.40. The van der Waals surface area contributed by atoms with Gasteiger partial charge in [0.05, 0.1) is 0 Å². The van der Waals surface area contributed by atoms with Gasteiger partial charge in [0.15, 0.2) is 0 Å². The summed E-state index contributed by atoms with van der Waals surface area (Å²) in [6, 6.07) is -0.271. The fourth-order valence-corrected chi connectivity index (χ4v) is 1.60. The van der Waals surface area contributed by atoms with E-state index in [1.54, 1.807) is 6.92 Å². The van der Waals surface area contributed by atoms with Gasteiger partial charge in [-0.15, -0.1) is 10.2 Å². The molecule has 1 rings (SSSR count). The predicted molar refractivity (Wildman–Crippen MR) is 48.4 cm³/mol. The minimum Gasteiger partial charge on any atom is -0.357 e. The Labute approximate surface area is 79.2 Å². The average Bonchev–Trinajstić information content (AvgIpc) is 2.33. The predicted octanol–water partition coefficient (Wildman–Crippen LogP) is 2.30. The summed E-state index contributed by atoms with van der Waals surface area (Å²) in [5.41, 5.74) is 0. The van der Waals surface area contributed by atoms with Crippen LogP contribution < -0.4 is 5.32 Å². The van der Waals surface area contributed by atoms with Gasteiger partial charge in [-0.2, -0.15) is 0 Å². The van der Waals surface area contributed by atoms with Crippen LogP contribution in [0.25, 0.3) is 0 Å². The number of alkyl halides is 2. The van der Waals surface area contributed by atoms with Crippen molar-refractivity contribution < 1.29 is 8.78 Å². The molecular weight excluding hydrogens is 196 g/mol. The van der Waals surface area contributed by atoms with E-state index in [1.807, 2.05) is 6.92 Å². The van der Waals surface area contributed by atoms with Crippen LogP contribution in [0.5, 0.6) is 0 Å². The van der Waals surface area contributed by atoms with E-state index in [4.69, 9.17) is 0 Å². The highest BCUT2D eigenvalue weighted by Gasteiger charge is 2.11. The van der Waals surface area contributed by atoms with Crippen molar-refractivity contribution in [1.29, 1.82) is 0 Å². The zero-order valence-electron chi connectivity index (χ0n) is 7.42. The number of rotatable bonds is 4. The Kier molecular flexibility index (Phi) is 3.53. The van der Waals surface area contributed by atoms with Crippen molar-refractivity contribution in [1.82, 2.24) is 10.2 Å². The quantitative estimate of drug-likeness (QED) is 0.823. The Hall–Kier alpha value is -0.780. The van der Waals surface area contributed by atoms with Crippen molar-refractivity contribution in [2.75, 3.05) is 5.32 Å². The third-order valence-corrected chi connectivity index (χ3v) is 2.20. The van der Waals surface area contributed by atoms with E-state index >= 15 is 0 Å². The largest absolute Gasteiger partial charge is 0.357 e. The van der Waals surface area contributed by atoms with Crippen LogP contribution in [0, 0.1) is 6.92 Å². The van der Waals surface area contributed by atoms with E-state index in [-0.39, 0.29) is 12.5 Å². The summed E-state index contributed by atoms with van der Waals surface area (Å²) < 4.78 is 23.8. The second-order valence-electron chi connectivity index (χ2n) is 2.80. The molecule has 0 fully saturated rings. The second kappa shape index (κ2) is 4.45. The van der Waals surface area contributed by atoms with Crippen LogP contribution >= 0.6 is 11.3 Å². The number of aryl methyl sites for hydroxylation is 1. The van der Waals surface area contributed by atoms with Crippen molar-refractivity contribution in [3.05, 3.63) is 5.01 Å². The van der Waals surface area contributed by atoms with Crippen molar-refractivity contribution in [2.24, 2.45) is 0 Å². The fraction of sp³-hybridized carbons (Fsp3) is 0.714. The lowest BCUT2D eigenvalue weighted by molar-refractivity contribution is 0.133. The number of nitrogens with zero attached hydrogens (tertiary/aromatic N) is 2. The molecule has 74 valence electrons. The molecule has 0 bridgehead atoms. The summed E-state index contributed by atoms with van der Waals surface area (Å²) in [6.45, 7) is 3.52. The lowest BCUT2D eigenvalue weighted by Crippen LogP contribution is -2.18. The first kappa shape index (κ1) is 10.3. The number of nitrogens with one attached hydrogen (secondary N) is 1. The van der Waals surface area contributed by atoms with Crippen LogP contribution in [0.1, 0.15) is 18.4 Å². The Morgan fingerprint density at radius 2 is 2.15 bits per heavy atom. The molecule has 1 aromatic rings. The maximum atomic E-state index is 11.9. The summed E-state index contributed by atoms with van der Waals surface area (Å²) in [4.78, 5) is 0. The van der Waals surface area contributed by atoms with E-state index in [2.05, 4.69) is 15.5 Å². The fourth-order valence-electron chi connectivity index (χ4n) is 0.892. The number of hydrogen-bond acceptors (Lipinski definition) is 4. The Bertz CT molecular complexity index is 264. The van der Waals surface area contributed by atoms with Crippen molar-refractivity contribution in [3.63, 3.8) is 0 Å². The van der Waals surface area contributed by atoms with Crippen LogP contribution in [0.4, 0.5) is 13.9 Å². The molecule has 0 saturated carbocycles. The maximum Gasteiger partial charge on any atom is 0.240 e. The molecular formula is C7H11F2N3S. The first-order valence-corrected chi connectivity index (χ1v) is 4.74. The molecule has 0 saturated heterocycles. The topological polar surface area (TPSA) is 37.8 Å². The summed E-state index contributed by atoms with van der Waals surface area (Å²) in [5, 5.41) is 11.8. The number of aromatic nitrogens is 2. The van der Waals surface area contributed by atoms with Gasteiger partial charge in [0.1, 0.15) is 5.01 Å². The summed E-state index contributed by atoms with van der Waals surface area (Å²) in [5.74, 6) is 0. The molecule has 13 heavy (non-hydrogen) atoms.